The fourth-order valence-electron chi connectivity index (χ4n) is 3.70. The van der Waals surface area contributed by atoms with Gasteiger partial charge >= 0.3 is 5.97 Å². The number of ether oxygens (including phenoxy) is 1. The number of phenols is 1. The highest BCUT2D eigenvalue weighted by atomic mass is 32.2. The summed E-state index contributed by atoms with van der Waals surface area (Å²) in [5.74, 6) is -1.82. The van der Waals surface area contributed by atoms with E-state index in [1.807, 2.05) is 0 Å². The van der Waals surface area contributed by atoms with Crippen molar-refractivity contribution >= 4 is 16.0 Å². The quantitative estimate of drug-likeness (QED) is 0.779. The molecule has 144 valence electrons. The van der Waals surface area contributed by atoms with E-state index in [1.54, 1.807) is 0 Å². The van der Waals surface area contributed by atoms with E-state index in [1.165, 1.54) is 10.4 Å². The van der Waals surface area contributed by atoms with Gasteiger partial charge in [0.25, 0.3) is 0 Å². The van der Waals surface area contributed by atoms with Gasteiger partial charge in [-0.15, -0.1) is 0 Å². The number of sulfonamides is 1. The third kappa shape index (κ3) is 3.57. The molecule has 0 aromatic heterocycles. The molecular weight excluding hydrogens is 360 g/mol. The molecule has 8 nitrogen and oxygen atoms in total. The Morgan fingerprint density at radius 2 is 2.08 bits per heavy atom. The van der Waals surface area contributed by atoms with Crippen molar-refractivity contribution in [2.45, 2.75) is 36.7 Å². The number of nitrogens with zero attached hydrogens (tertiary/aromatic N) is 2. The topological polar surface area (TPSA) is 107 Å². The number of aromatic hydroxyl groups is 1. The maximum atomic E-state index is 12.9. The third-order valence-electron chi connectivity index (χ3n) is 5.04. The summed E-state index contributed by atoms with van der Waals surface area (Å²) in [6.07, 6.45) is 2.06. The van der Waals surface area contributed by atoms with Gasteiger partial charge in [0.1, 0.15) is 11.3 Å². The average molecular weight is 384 g/mol. The van der Waals surface area contributed by atoms with E-state index in [-0.39, 0.29) is 10.9 Å². The van der Waals surface area contributed by atoms with E-state index < -0.39 is 27.3 Å². The van der Waals surface area contributed by atoms with E-state index in [4.69, 9.17) is 9.84 Å². The molecule has 0 amide bonds. The van der Waals surface area contributed by atoms with E-state index >= 15 is 0 Å². The number of fused-ring (bicyclic) bond motifs is 1. The first-order valence-electron chi connectivity index (χ1n) is 8.74. The minimum Gasteiger partial charge on any atom is -0.507 e. The van der Waals surface area contributed by atoms with Gasteiger partial charge < -0.3 is 14.9 Å². The molecule has 0 bridgehead atoms. The van der Waals surface area contributed by atoms with Gasteiger partial charge in [-0.3, -0.25) is 4.90 Å². The summed E-state index contributed by atoms with van der Waals surface area (Å²) in [6.45, 7) is 4.57. The van der Waals surface area contributed by atoms with Crippen LogP contribution in [0.3, 0.4) is 0 Å². The molecule has 9 heteroatoms. The molecule has 1 aromatic carbocycles. The standard InChI is InChI=1S/C17H24N2O6S/c1-2-3-12-10-25-11-13-9-18(6-7-19(12)13)26(23,24)14-4-5-16(20)15(8-14)17(21)22/h4-5,8,12-13,20H,2-3,6-7,9-11H2,1H3,(H,21,22)/t12-,13+/m0/s1. The first-order valence-corrected chi connectivity index (χ1v) is 10.2. The summed E-state index contributed by atoms with van der Waals surface area (Å²) in [5.41, 5.74) is -0.422. The zero-order chi connectivity index (χ0) is 18.9. The van der Waals surface area contributed by atoms with Gasteiger partial charge in [0.05, 0.1) is 18.1 Å². The Kier molecular flexibility index (Phi) is 5.52. The summed E-state index contributed by atoms with van der Waals surface area (Å²) >= 11 is 0. The van der Waals surface area contributed by atoms with E-state index in [9.17, 15) is 18.3 Å². The number of carbonyl (C=O) groups is 1. The lowest BCUT2D eigenvalue weighted by Crippen LogP contribution is -2.62. The highest BCUT2D eigenvalue weighted by Gasteiger charge is 2.39. The molecule has 2 N–H and O–H groups in total. The summed E-state index contributed by atoms with van der Waals surface area (Å²) in [4.78, 5) is 13.4. The molecule has 0 saturated carbocycles. The number of morpholine rings is 1. The molecule has 2 saturated heterocycles. The molecule has 2 aliphatic rings. The van der Waals surface area contributed by atoms with Crippen molar-refractivity contribution in [3.05, 3.63) is 23.8 Å². The van der Waals surface area contributed by atoms with Gasteiger partial charge in [0, 0.05) is 31.7 Å². The van der Waals surface area contributed by atoms with Crippen molar-refractivity contribution in [2.75, 3.05) is 32.8 Å². The fraction of sp³-hybridized carbons (Fsp3) is 0.588. The highest BCUT2D eigenvalue weighted by Crippen LogP contribution is 2.27. The average Bonchev–Trinajstić information content (AvgIpc) is 2.61. The van der Waals surface area contributed by atoms with Crippen LogP contribution in [0.15, 0.2) is 23.1 Å². The van der Waals surface area contributed by atoms with Crippen molar-refractivity contribution in [1.29, 1.82) is 0 Å². The van der Waals surface area contributed by atoms with Gasteiger partial charge in [-0.05, 0) is 24.6 Å². The van der Waals surface area contributed by atoms with Crippen LogP contribution in [0.2, 0.25) is 0 Å². The predicted octanol–water partition coefficient (Wildman–Crippen LogP) is 0.964. The second kappa shape index (κ2) is 7.51. The van der Waals surface area contributed by atoms with Crippen molar-refractivity contribution < 1.29 is 28.2 Å². The second-order valence-corrected chi connectivity index (χ2v) is 8.66. The Labute approximate surface area is 153 Å². The lowest BCUT2D eigenvalue weighted by molar-refractivity contribution is -0.0716. The van der Waals surface area contributed by atoms with Crippen LogP contribution in [-0.4, -0.2) is 78.7 Å². The Bertz CT molecular complexity index is 779. The second-order valence-electron chi connectivity index (χ2n) is 6.72. The number of hydrogen-bond donors (Lipinski definition) is 2. The molecule has 2 fully saturated rings. The predicted molar refractivity (Wildman–Crippen MR) is 93.8 cm³/mol. The van der Waals surface area contributed by atoms with Gasteiger partial charge in [0.15, 0.2) is 0 Å². The molecular formula is C17H24N2O6S. The minimum atomic E-state index is -3.84. The Morgan fingerprint density at radius 3 is 2.77 bits per heavy atom. The number of benzene rings is 1. The normalized spacial score (nSPS) is 25.0. The number of carboxylic acids is 1. The monoisotopic (exact) mass is 384 g/mol. The molecule has 1 aromatic rings. The molecule has 0 spiro atoms. The lowest BCUT2D eigenvalue weighted by atomic mass is 10.0. The van der Waals surface area contributed by atoms with Gasteiger partial charge in [0.2, 0.25) is 10.0 Å². The molecule has 0 radical (unpaired) electrons. The molecule has 2 atom stereocenters. The van der Waals surface area contributed by atoms with E-state index in [2.05, 4.69) is 11.8 Å². The SMILES string of the molecule is CCC[C@H]1COC[C@H]2CN(S(=O)(=O)c3ccc(O)c(C(=O)O)c3)CCN12. The van der Waals surface area contributed by atoms with Crippen molar-refractivity contribution in [3.63, 3.8) is 0 Å². The molecule has 0 aliphatic carbocycles. The molecule has 3 rings (SSSR count). The van der Waals surface area contributed by atoms with Gasteiger partial charge in [-0.2, -0.15) is 4.31 Å². The van der Waals surface area contributed by atoms with Crippen molar-refractivity contribution in [2.24, 2.45) is 0 Å². The Hall–Kier alpha value is -1.68. The van der Waals surface area contributed by atoms with Crippen LogP contribution in [0.25, 0.3) is 0 Å². The van der Waals surface area contributed by atoms with E-state index in [0.29, 0.717) is 38.9 Å². The zero-order valence-electron chi connectivity index (χ0n) is 14.7. The number of rotatable bonds is 5. The van der Waals surface area contributed by atoms with E-state index in [0.717, 1.165) is 25.0 Å². The van der Waals surface area contributed by atoms with Crippen LogP contribution < -0.4 is 0 Å². The van der Waals surface area contributed by atoms with Crippen molar-refractivity contribution in [1.82, 2.24) is 9.21 Å². The van der Waals surface area contributed by atoms with Crippen LogP contribution in [-0.2, 0) is 14.8 Å². The van der Waals surface area contributed by atoms with Crippen LogP contribution in [0, 0.1) is 0 Å². The third-order valence-corrected chi connectivity index (χ3v) is 6.90. The largest absolute Gasteiger partial charge is 0.507 e. The summed E-state index contributed by atoms with van der Waals surface area (Å²) in [6, 6.07) is 3.67. The highest BCUT2D eigenvalue weighted by molar-refractivity contribution is 7.89. The fourth-order valence-corrected chi connectivity index (χ4v) is 5.20. The Balaban J connectivity index is 1.81. The maximum absolute atomic E-state index is 12.9. The summed E-state index contributed by atoms with van der Waals surface area (Å²) in [5, 5.41) is 18.7. The number of carboxylic acid groups (broad SMARTS) is 1. The number of piperazine rings is 1. The summed E-state index contributed by atoms with van der Waals surface area (Å²) in [7, 11) is -3.84. The van der Waals surface area contributed by atoms with Gasteiger partial charge in [-0.25, -0.2) is 13.2 Å². The maximum Gasteiger partial charge on any atom is 0.339 e. The lowest BCUT2D eigenvalue weighted by Gasteiger charge is -2.47. The molecule has 0 unspecified atom stereocenters. The number of aromatic carboxylic acids is 1. The zero-order valence-corrected chi connectivity index (χ0v) is 15.5. The first-order chi connectivity index (χ1) is 12.3. The van der Waals surface area contributed by atoms with Crippen molar-refractivity contribution in [3.8, 4) is 5.75 Å². The van der Waals surface area contributed by atoms with Crippen LogP contribution in [0.4, 0.5) is 0 Å². The Morgan fingerprint density at radius 1 is 1.31 bits per heavy atom. The first kappa shape index (κ1) is 19.1. The van der Waals surface area contributed by atoms with Gasteiger partial charge in [-0.1, -0.05) is 13.3 Å². The summed E-state index contributed by atoms with van der Waals surface area (Å²) < 4.78 is 32.9. The molecule has 26 heavy (non-hydrogen) atoms. The minimum absolute atomic E-state index is 0.000107. The number of hydrogen-bond acceptors (Lipinski definition) is 6. The van der Waals surface area contributed by atoms with Crippen LogP contribution in [0.5, 0.6) is 5.75 Å². The van der Waals surface area contributed by atoms with Crippen LogP contribution >= 0.6 is 0 Å². The smallest absolute Gasteiger partial charge is 0.339 e. The molecule has 2 aliphatic heterocycles. The molecule has 2 heterocycles. The van der Waals surface area contributed by atoms with Crippen LogP contribution in [0.1, 0.15) is 30.1 Å².